The summed E-state index contributed by atoms with van der Waals surface area (Å²) in [6.07, 6.45) is 4.12. The molecule has 0 heterocycles. The molecule has 0 fully saturated rings. The fraction of sp³-hybridized carbons (Fsp3) is 0.591. The number of methoxy groups -OCH3 is 1. The molecule has 152 valence electrons. The van der Waals surface area contributed by atoms with Crippen LogP contribution in [0.2, 0.25) is 18.1 Å². The smallest absolute Gasteiger partial charge is 0.330 e. The largest absolute Gasteiger partial charge is 0.541 e. The fourth-order valence-corrected chi connectivity index (χ4v) is 3.41. The quantitative estimate of drug-likeness (QED) is 0.298. The summed E-state index contributed by atoms with van der Waals surface area (Å²) in [5.74, 6) is 1.32. The van der Waals surface area contributed by atoms with Gasteiger partial charge in [0.25, 0.3) is 8.32 Å². The molecule has 5 heteroatoms. The van der Waals surface area contributed by atoms with Gasteiger partial charge in [0.1, 0.15) is 5.75 Å². The summed E-state index contributed by atoms with van der Waals surface area (Å²) in [6, 6.07) is 6.14. The van der Waals surface area contributed by atoms with Gasteiger partial charge >= 0.3 is 5.97 Å². The van der Waals surface area contributed by atoms with E-state index in [0.717, 1.165) is 41.9 Å². The molecule has 0 amide bonds. The number of carbonyl (C=O) groups is 1. The molecule has 1 aromatic rings. The van der Waals surface area contributed by atoms with E-state index in [4.69, 9.17) is 13.9 Å². The van der Waals surface area contributed by atoms with Gasteiger partial charge in [-0.05, 0) is 62.0 Å². The third-order valence-electron chi connectivity index (χ3n) is 5.20. The van der Waals surface area contributed by atoms with Gasteiger partial charge in [0.05, 0.1) is 13.7 Å². The number of carbonyl (C=O) groups excluding carboxylic acids is 1. The summed E-state index contributed by atoms with van der Waals surface area (Å²) < 4.78 is 17.0. The van der Waals surface area contributed by atoms with Gasteiger partial charge in [-0.2, -0.15) is 0 Å². The summed E-state index contributed by atoms with van der Waals surface area (Å²) in [6.45, 7) is 15.4. The third kappa shape index (κ3) is 7.05. The van der Waals surface area contributed by atoms with Gasteiger partial charge in [-0.15, -0.1) is 0 Å². The number of ether oxygens (including phenoxy) is 2. The number of benzene rings is 1. The minimum absolute atomic E-state index is 0.130. The molecule has 1 aromatic carbocycles. The Hall–Kier alpha value is -1.75. The van der Waals surface area contributed by atoms with E-state index in [1.54, 1.807) is 13.2 Å². The van der Waals surface area contributed by atoms with Gasteiger partial charge in [-0.1, -0.05) is 39.3 Å². The maximum atomic E-state index is 11.7. The molecule has 4 nitrogen and oxygen atoms in total. The van der Waals surface area contributed by atoms with Crippen LogP contribution in [0.1, 0.15) is 53.0 Å². The molecule has 0 saturated heterocycles. The zero-order chi connectivity index (χ0) is 20.7. The molecular weight excluding hydrogens is 356 g/mol. The molecule has 27 heavy (non-hydrogen) atoms. The van der Waals surface area contributed by atoms with Crippen LogP contribution in [0.25, 0.3) is 0 Å². The summed E-state index contributed by atoms with van der Waals surface area (Å²) in [4.78, 5) is 11.7. The second-order valence-electron chi connectivity index (χ2n) is 8.26. The molecule has 0 aromatic heterocycles. The van der Waals surface area contributed by atoms with E-state index in [1.807, 2.05) is 19.1 Å². The minimum atomic E-state index is -1.92. The summed E-state index contributed by atoms with van der Waals surface area (Å²) in [5, 5.41) is 0.130. The Labute approximate surface area is 166 Å². The highest BCUT2D eigenvalue weighted by Crippen LogP contribution is 2.40. The lowest BCUT2D eigenvalue weighted by Gasteiger charge is -2.36. The average Bonchev–Trinajstić information content (AvgIpc) is 2.58. The van der Waals surface area contributed by atoms with Crippen LogP contribution in [0.5, 0.6) is 11.5 Å². The van der Waals surface area contributed by atoms with Crippen molar-refractivity contribution < 1.29 is 18.7 Å². The first-order valence-corrected chi connectivity index (χ1v) is 12.7. The molecule has 0 aliphatic carbocycles. The first kappa shape index (κ1) is 23.3. The standard InChI is InChI=1S/C22H36O4Si/c1-9-17(16-21(23)25-10-2)11-12-18-13-14-19(20(15-18)24-6)26-27(7,8)22(3,4)5/h13-16H,9-12H2,1-8H3/b17-16-. The summed E-state index contributed by atoms with van der Waals surface area (Å²) in [5.41, 5.74) is 2.26. The van der Waals surface area contributed by atoms with Crippen molar-refractivity contribution in [2.24, 2.45) is 0 Å². The topological polar surface area (TPSA) is 44.8 Å². The van der Waals surface area contributed by atoms with E-state index < -0.39 is 8.32 Å². The van der Waals surface area contributed by atoms with Crippen LogP contribution in [-0.4, -0.2) is 28.0 Å². The zero-order valence-corrected chi connectivity index (χ0v) is 19.3. The lowest BCUT2D eigenvalue weighted by Crippen LogP contribution is -2.43. The van der Waals surface area contributed by atoms with Crippen LogP contribution >= 0.6 is 0 Å². The SMILES string of the molecule is CCOC(=O)/C=C(/CC)CCc1ccc(O[Si](C)(C)C(C)(C)C)c(OC)c1. The van der Waals surface area contributed by atoms with E-state index in [1.165, 1.54) is 0 Å². The lowest BCUT2D eigenvalue weighted by atomic mass is 10.0. The summed E-state index contributed by atoms with van der Waals surface area (Å²) >= 11 is 0. The molecule has 0 N–H and O–H groups in total. The Bertz CT molecular complexity index is 657. The predicted octanol–water partition coefficient (Wildman–Crippen LogP) is 5.91. The van der Waals surface area contributed by atoms with Crippen LogP contribution < -0.4 is 9.16 Å². The van der Waals surface area contributed by atoms with E-state index in [9.17, 15) is 4.79 Å². The molecule has 1 rings (SSSR count). The van der Waals surface area contributed by atoms with Crippen molar-refractivity contribution in [1.82, 2.24) is 0 Å². The van der Waals surface area contributed by atoms with Gasteiger partial charge in [-0.3, -0.25) is 0 Å². The molecule has 0 unspecified atom stereocenters. The second kappa shape index (κ2) is 9.97. The van der Waals surface area contributed by atoms with Gasteiger partial charge in [0, 0.05) is 6.08 Å². The van der Waals surface area contributed by atoms with E-state index in [2.05, 4.69) is 46.9 Å². The number of aryl methyl sites for hydroxylation is 1. The molecule has 0 spiro atoms. The van der Waals surface area contributed by atoms with Crippen LogP contribution in [0.3, 0.4) is 0 Å². The van der Waals surface area contributed by atoms with Gasteiger partial charge in [0.15, 0.2) is 5.75 Å². The Kier molecular flexibility index (Phi) is 8.60. The van der Waals surface area contributed by atoms with Gasteiger partial charge in [0.2, 0.25) is 0 Å². The van der Waals surface area contributed by atoms with Crippen molar-refractivity contribution >= 4 is 14.3 Å². The Balaban J connectivity index is 2.89. The number of allylic oxidation sites excluding steroid dienone is 1. The third-order valence-corrected chi connectivity index (χ3v) is 9.54. The van der Waals surface area contributed by atoms with Crippen LogP contribution in [0.15, 0.2) is 29.8 Å². The zero-order valence-electron chi connectivity index (χ0n) is 18.3. The Morgan fingerprint density at radius 2 is 1.81 bits per heavy atom. The maximum Gasteiger partial charge on any atom is 0.330 e. The monoisotopic (exact) mass is 392 g/mol. The molecule has 0 aliphatic heterocycles. The van der Waals surface area contributed by atoms with Crippen molar-refractivity contribution in [3.8, 4) is 11.5 Å². The molecule has 0 atom stereocenters. The lowest BCUT2D eigenvalue weighted by molar-refractivity contribution is -0.137. The fourth-order valence-electron chi connectivity index (χ4n) is 2.39. The van der Waals surface area contributed by atoms with Crippen LogP contribution in [0.4, 0.5) is 0 Å². The van der Waals surface area contributed by atoms with Crippen LogP contribution in [-0.2, 0) is 16.0 Å². The highest BCUT2D eigenvalue weighted by Gasteiger charge is 2.39. The van der Waals surface area contributed by atoms with Crippen molar-refractivity contribution in [2.75, 3.05) is 13.7 Å². The molecule has 0 saturated carbocycles. The second-order valence-corrected chi connectivity index (χ2v) is 13.0. The first-order chi connectivity index (χ1) is 12.5. The van der Waals surface area contributed by atoms with E-state index in [0.29, 0.717) is 6.61 Å². The van der Waals surface area contributed by atoms with Crippen molar-refractivity contribution in [1.29, 1.82) is 0 Å². The highest BCUT2D eigenvalue weighted by atomic mass is 28.4. The number of rotatable bonds is 9. The van der Waals surface area contributed by atoms with Crippen LogP contribution in [0, 0.1) is 0 Å². The van der Waals surface area contributed by atoms with Gasteiger partial charge < -0.3 is 13.9 Å². The number of esters is 1. The summed E-state index contributed by atoms with van der Waals surface area (Å²) in [7, 11) is -0.243. The van der Waals surface area contributed by atoms with E-state index >= 15 is 0 Å². The molecule has 0 radical (unpaired) electrons. The van der Waals surface area contributed by atoms with Crippen molar-refractivity contribution in [2.45, 2.75) is 72.0 Å². The predicted molar refractivity (Wildman–Crippen MR) is 114 cm³/mol. The van der Waals surface area contributed by atoms with Crippen molar-refractivity contribution in [3.05, 3.63) is 35.4 Å². The average molecular weight is 393 g/mol. The van der Waals surface area contributed by atoms with Crippen molar-refractivity contribution in [3.63, 3.8) is 0 Å². The minimum Gasteiger partial charge on any atom is -0.541 e. The first-order valence-electron chi connectivity index (χ1n) is 9.76. The highest BCUT2D eigenvalue weighted by molar-refractivity contribution is 6.74. The maximum absolute atomic E-state index is 11.7. The Morgan fingerprint density at radius 3 is 2.33 bits per heavy atom. The Morgan fingerprint density at radius 1 is 1.15 bits per heavy atom. The van der Waals surface area contributed by atoms with Gasteiger partial charge in [-0.25, -0.2) is 4.79 Å². The normalized spacial score (nSPS) is 12.7. The molecule has 0 bridgehead atoms. The van der Waals surface area contributed by atoms with E-state index in [-0.39, 0.29) is 11.0 Å². The number of hydrogen-bond donors (Lipinski definition) is 0. The molecular formula is C22H36O4Si. The number of hydrogen-bond acceptors (Lipinski definition) is 4. The molecule has 0 aliphatic rings.